The molecule has 1 aromatic carbocycles. The predicted molar refractivity (Wildman–Crippen MR) is 69.2 cm³/mol. The number of aliphatic hydroxyl groups excluding tert-OH is 1. The largest absolute Gasteiger partial charge is 0.396 e. The summed E-state index contributed by atoms with van der Waals surface area (Å²) in [6, 6.07) is 4.33. The number of carbonyl (C=O) groups is 1. The number of halogens is 2. The molecule has 1 atom stereocenters. The van der Waals surface area contributed by atoms with Gasteiger partial charge in [-0.3, -0.25) is 4.79 Å². The number of benzene rings is 1. The van der Waals surface area contributed by atoms with Crippen LogP contribution in [0.15, 0.2) is 18.2 Å². The van der Waals surface area contributed by atoms with Crippen LogP contribution >= 0.6 is 11.6 Å². The van der Waals surface area contributed by atoms with Crippen molar-refractivity contribution in [3.05, 3.63) is 34.6 Å². The Morgan fingerprint density at radius 3 is 2.94 bits per heavy atom. The van der Waals surface area contributed by atoms with Crippen molar-refractivity contribution < 1.29 is 14.3 Å². The lowest BCUT2D eigenvalue weighted by Gasteiger charge is -2.09. The molecule has 0 bridgehead atoms. The summed E-state index contributed by atoms with van der Waals surface area (Å²) >= 11 is 5.60. The molecule has 0 saturated carbocycles. The lowest BCUT2D eigenvalue weighted by atomic mass is 10.1. The molecular formula is C13H17ClFNO2. The highest BCUT2D eigenvalue weighted by Gasteiger charge is 2.13. The van der Waals surface area contributed by atoms with Gasteiger partial charge in [0.2, 0.25) is 0 Å². The second-order valence-electron chi connectivity index (χ2n) is 4.29. The molecule has 5 heteroatoms. The third kappa shape index (κ3) is 4.27. The maximum Gasteiger partial charge on any atom is 0.254 e. The minimum Gasteiger partial charge on any atom is -0.396 e. The van der Waals surface area contributed by atoms with E-state index < -0.39 is 11.7 Å². The van der Waals surface area contributed by atoms with Gasteiger partial charge >= 0.3 is 0 Å². The number of carbonyl (C=O) groups excluding carboxylic acids is 1. The number of amides is 1. The van der Waals surface area contributed by atoms with Crippen LogP contribution in [0.25, 0.3) is 0 Å². The normalized spacial score (nSPS) is 12.2. The van der Waals surface area contributed by atoms with Crippen LogP contribution in [-0.2, 0) is 0 Å². The summed E-state index contributed by atoms with van der Waals surface area (Å²) < 4.78 is 13.5. The van der Waals surface area contributed by atoms with Gasteiger partial charge in [0.15, 0.2) is 5.82 Å². The molecule has 0 aromatic heterocycles. The van der Waals surface area contributed by atoms with E-state index in [1.54, 1.807) is 0 Å². The van der Waals surface area contributed by atoms with Crippen molar-refractivity contribution in [1.29, 1.82) is 0 Å². The average molecular weight is 274 g/mol. The molecule has 0 aliphatic rings. The van der Waals surface area contributed by atoms with Crippen LogP contribution in [0.4, 0.5) is 4.39 Å². The monoisotopic (exact) mass is 273 g/mol. The van der Waals surface area contributed by atoms with Crippen LogP contribution in [0, 0.1) is 11.7 Å². The predicted octanol–water partition coefficient (Wildman–Crippen LogP) is 2.62. The van der Waals surface area contributed by atoms with Gasteiger partial charge in [-0.2, -0.15) is 0 Å². The number of hydrogen-bond acceptors (Lipinski definition) is 2. The van der Waals surface area contributed by atoms with Crippen LogP contribution in [0.1, 0.15) is 30.1 Å². The van der Waals surface area contributed by atoms with E-state index in [9.17, 15) is 9.18 Å². The molecule has 1 rings (SSSR count). The maximum absolute atomic E-state index is 13.5. The van der Waals surface area contributed by atoms with E-state index in [0.29, 0.717) is 6.54 Å². The van der Waals surface area contributed by atoms with Crippen LogP contribution in [0.5, 0.6) is 0 Å². The summed E-state index contributed by atoms with van der Waals surface area (Å²) in [5, 5.41) is 11.4. The first kappa shape index (κ1) is 14.9. The van der Waals surface area contributed by atoms with Crippen LogP contribution in [-0.4, -0.2) is 24.2 Å². The van der Waals surface area contributed by atoms with E-state index in [-0.39, 0.29) is 23.1 Å². The van der Waals surface area contributed by atoms with E-state index in [1.807, 2.05) is 6.92 Å². The SMILES string of the molecule is CC(CO)CCCNC(=O)c1cccc(Cl)c1F. The van der Waals surface area contributed by atoms with E-state index in [2.05, 4.69) is 5.32 Å². The highest BCUT2D eigenvalue weighted by atomic mass is 35.5. The molecule has 1 unspecified atom stereocenters. The van der Waals surface area contributed by atoms with Crippen molar-refractivity contribution in [3.63, 3.8) is 0 Å². The van der Waals surface area contributed by atoms with Gasteiger partial charge < -0.3 is 10.4 Å². The molecule has 0 fully saturated rings. The average Bonchev–Trinajstić information content (AvgIpc) is 2.37. The molecular weight excluding hydrogens is 257 g/mol. The maximum atomic E-state index is 13.5. The molecule has 1 aromatic rings. The molecule has 0 spiro atoms. The molecule has 0 heterocycles. The molecule has 0 saturated heterocycles. The van der Waals surface area contributed by atoms with E-state index >= 15 is 0 Å². The highest BCUT2D eigenvalue weighted by molar-refractivity contribution is 6.31. The summed E-state index contributed by atoms with van der Waals surface area (Å²) in [7, 11) is 0. The van der Waals surface area contributed by atoms with Gasteiger partial charge in [0.05, 0.1) is 10.6 Å². The molecule has 0 aliphatic carbocycles. The van der Waals surface area contributed by atoms with Crippen LogP contribution in [0.2, 0.25) is 5.02 Å². The second-order valence-corrected chi connectivity index (χ2v) is 4.69. The van der Waals surface area contributed by atoms with Gasteiger partial charge in [-0.05, 0) is 30.9 Å². The Kier molecular flexibility index (Phi) is 6.09. The fourth-order valence-electron chi connectivity index (χ4n) is 1.52. The lowest BCUT2D eigenvalue weighted by molar-refractivity contribution is 0.0948. The quantitative estimate of drug-likeness (QED) is 0.783. The molecule has 0 aliphatic heterocycles. The Labute approximate surface area is 111 Å². The van der Waals surface area contributed by atoms with E-state index in [4.69, 9.17) is 16.7 Å². The Bertz CT molecular complexity index is 412. The molecule has 2 N–H and O–H groups in total. The highest BCUT2D eigenvalue weighted by Crippen LogP contribution is 2.17. The van der Waals surface area contributed by atoms with Gasteiger partial charge in [-0.1, -0.05) is 24.6 Å². The summed E-state index contributed by atoms with van der Waals surface area (Å²) in [5.74, 6) is -0.947. The zero-order valence-corrected chi connectivity index (χ0v) is 11.0. The third-order valence-corrected chi connectivity index (χ3v) is 2.96. The first-order valence-electron chi connectivity index (χ1n) is 5.89. The minimum absolute atomic E-state index is 0.0438. The topological polar surface area (TPSA) is 49.3 Å². The van der Waals surface area contributed by atoms with Gasteiger partial charge in [0.25, 0.3) is 5.91 Å². The minimum atomic E-state index is -0.694. The fraction of sp³-hybridized carbons (Fsp3) is 0.462. The zero-order chi connectivity index (χ0) is 13.5. The van der Waals surface area contributed by atoms with Gasteiger partial charge in [-0.15, -0.1) is 0 Å². The number of nitrogens with one attached hydrogen (secondary N) is 1. The van der Waals surface area contributed by atoms with Crippen LogP contribution in [0.3, 0.4) is 0 Å². The molecule has 0 radical (unpaired) electrons. The van der Waals surface area contributed by atoms with Crippen molar-refractivity contribution in [2.45, 2.75) is 19.8 Å². The smallest absolute Gasteiger partial charge is 0.254 e. The Morgan fingerprint density at radius 1 is 1.56 bits per heavy atom. The number of aliphatic hydroxyl groups is 1. The summed E-state index contributed by atoms with van der Waals surface area (Å²) in [6.07, 6.45) is 1.56. The summed E-state index contributed by atoms with van der Waals surface area (Å²) in [6.45, 7) is 2.52. The van der Waals surface area contributed by atoms with Crippen molar-refractivity contribution in [2.75, 3.05) is 13.2 Å². The molecule has 100 valence electrons. The number of rotatable bonds is 6. The number of hydrogen-bond donors (Lipinski definition) is 2. The van der Waals surface area contributed by atoms with Crippen molar-refractivity contribution in [1.82, 2.24) is 5.32 Å². The first-order chi connectivity index (χ1) is 8.56. The Balaban J connectivity index is 2.44. The van der Waals surface area contributed by atoms with Crippen molar-refractivity contribution in [3.8, 4) is 0 Å². The zero-order valence-electron chi connectivity index (χ0n) is 10.2. The van der Waals surface area contributed by atoms with Gasteiger partial charge in [0, 0.05) is 13.2 Å². The first-order valence-corrected chi connectivity index (χ1v) is 6.27. The van der Waals surface area contributed by atoms with Gasteiger partial charge in [-0.25, -0.2) is 4.39 Å². The standard InChI is InChI=1S/C13H17ClFNO2/c1-9(8-17)4-3-7-16-13(18)10-5-2-6-11(14)12(10)15/h2,5-6,9,17H,3-4,7-8H2,1H3,(H,16,18). The second kappa shape index (κ2) is 7.34. The molecule has 3 nitrogen and oxygen atoms in total. The molecule has 1 amide bonds. The van der Waals surface area contributed by atoms with Crippen molar-refractivity contribution in [2.24, 2.45) is 5.92 Å². The molecule has 18 heavy (non-hydrogen) atoms. The van der Waals surface area contributed by atoms with Crippen molar-refractivity contribution >= 4 is 17.5 Å². The van der Waals surface area contributed by atoms with E-state index in [1.165, 1.54) is 18.2 Å². The fourth-order valence-corrected chi connectivity index (χ4v) is 1.69. The van der Waals surface area contributed by atoms with Crippen LogP contribution < -0.4 is 5.32 Å². The Morgan fingerprint density at radius 2 is 2.28 bits per heavy atom. The van der Waals surface area contributed by atoms with Gasteiger partial charge in [0.1, 0.15) is 0 Å². The van der Waals surface area contributed by atoms with E-state index in [0.717, 1.165) is 12.8 Å². The Hall–Kier alpha value is -1.13. The summed E-state index contributed by atoms with van der Waals surface area (Å²) in [4.78, 5) is 11.7. The lowest BCUT2D eigenvalue weighted by Crippen LogP contribution is -2.25. The third-order valence-electron chi connectivity index (χ3n) is 2.67. The summed E-state index contributed by atoms with van der Waals surface area (Å²) in [5.41, 5.74) is -0.0438.